The lowest BCUT2D eigenvalue weighted by molar-refractivity contribution is 0.402. The molecule has 0 amide bonds. The van der Waals surface area contributed by atoms with Gasteiger partial charge < -0.3 is 5.32 Å². The minimum Gasteiger partial charge on any atom is -0.312 e. The molecular formula is C17H20N4. The Morgan fingerprint density at radius 2 is 2.19 bits per heavy atom. The highest BCUT2D eigenvalue weighted by atomic mass is 15.0. The Labute approximate surface area is 125 Å². The van der Waals surface area contributed by atoms with Gasteiger partial charge in [0.05, 0.1) is 11.4 Å². The molecule has 1 N–H and O–H groups in total. The molecule has 4 nitrogen and oxygen atoms in total. The predicted molar refractivity (Wildman–Crippen MR) is 81.1 cm³/mol. The first kappa shape index (κ1) is 12.9. The summed E-state index contributed by atoms with van der Waals surface area (Å²) < 4.78 is 0. The van der Waals surface area contributed by atoms with Gasteiger partial charge in [-0.3, -0.25) is 4.98 Å². The van der Waals surface area contributed by atoms with Crippen LogP contribution in [0, 0.1) is 0 Å². The van der Waals surface area contributed by atoms with E-state index in [2.05, 4.69) is 16.4 Å². The number of rotatable bonds is 3. The fraction of sp³-hybridized carbons (Fsp3) is 0.471. The molecule has 1 aliphatic carbocycles. The molecule has 1 fully saturated rings. The first-order chi connectivity index (χ1) is 10.4. The van der Waals surface area contributed by atoms with Gasteiger partial charge in [-0.05, 0) is 24.5 Å². The lowest BCUT2D eigenvalue weighted by atomic mass is 9.80. The minimum atomic E-state index is 0.661. The zero-order valence-corrected chi connectivity index (χ0v) is 12.2. The van der Waals surface area contributed by atoms with Crippen molar-refractivity contribution in [2.45, 2.75) is 44.6 Å². The molecule has 0 saturated heterocycles. The zero-order valence-electron chi connectivity index (χ0n) is 12.2. The fourth-order valence-corrected chi connectivity index (χ4v) is 3.21. The third-order valence-electron chi connectivity index (χ3n) is 4.59. The molecule has 2 aliphatic rings. The molecule has 2 aromatic rings. The second kappa shape index (κ2) is 5.53. The Morgan fingerprint density at radius 1 is 1.24 bits per heavy atom. The second-order valence-electron chi connectivity index (χ2n) is 6.04. The Morgan fingerprint density at radius 3 is 2.95 bits per heavy atom. The molecular weight excluding hydrogens is 260 g/mol. The summed E-state index contributed by atoms with van der Waals surface area (Å²) in [5.41, 5.74) is 5.15. The number of pyridine rings is 1. The van der Waals surface area contributed by atoms with Crippen molar-refractivity contribution in [1.82, 2.24) is 20.3 Å². The van der Waals surface area contributed by atoms with Gasteiger partial charge in [0, 0.05) is 49.8 Å². The van der Waals surface area contributed by atoms with Crippen LogP contribution in [0.1, 0.15) is 53.5 Å². The van der Waals surface area contributed by atoms with Crippen LogP contribution in [-0.4, -0.2) is 21.5 Å². The van der Waals surface area contributed by atoms with Crippen molar-refractivity contribution in [3.63, 3.8) is 0 Å². The highest BCUT2D eigenvalue weighted by Crippen LogP contribution is 2.38. The third kappa shape index (κ3) is 2.56. The van der Waals surface area contributed by atoms with Crippen LogP contribution in [0.15, 0.2) is 24.5 Å². The molecule has 0 atom stereocenters. The van der Waals surface area contributed by atoms with Crippen molar-refractivity contribution in [2.75, 3.05) is 6.54 Å². The largest absolute Gasteiger partial charge is 0.312 e. The SMILES string of the molecule is c1cncc(Cc2nc3c(c(C4CCC4)n2)CNCC3)c1. The molecule has 108 valence electrons. The van der Waals surface area contributed by atoms with Crippen LogP contribution in [0.2, 0.25) is 0 Å². The van der Waals surface area contributed by atoms with Crippen LogP contribution in [0.5, 0.6) is 0 Å². The van der Waals surface area contributed by atoms with Crippen LogP contribution < -0.4 is 5.32 Å². The van der Waals surface area contributed by atoms with Crippen molar-refractivity contribution in [2.24, 2.45) is 0 Å². The highest BCUT2D eigenvalue weighted by Gasteiger charge is 2.27. The first-order valence-corrected chi connectivity index (χ1v) is 7.88. The molecule has 2 aromatic heterocycles. The maximum Gasteiger partial charge on any atom is 0.133 e. The van der Waals surface area contributed by atoms with Gasteiger partial charge in [0.1, 0.15) is 5.82 Å². The Kier molecular flexibility index (Phi) is 3.39. The lowest BCUT2D eigenvalue weighted by Gasteiger charge is -2.29. The van der Waals surface area contributed by atoms with E-state index < -0.39 is 0 Å². The normalized spacial score (nSPS) is 18.1. The van der Waals surface area contributed by atoms with E-state index in [1.54, 1.807) is 0 Å². The van der Waals surface area contributed by atoms with E-state index in [1.807, 2.05) is 18.5 Å². The van der Waals surface area contributed by atoms with Gasteiger partial charge in [-0.1, -0.05) is 12.5 Å². The molecule has 4 rings (SSSR count). The summed E-state index contributed by atoms with van der Waals surface area (Å²) in [7, 11) is 0. The fourth-order valence-electron chi connectivity index (χ4n) is 3.21. The summed E-state index contributed by atoms with van der Waals surface area (Å²) in [6, 6.07) is 4.07. The van der Waals surface area contributed by atoms with Crippen molar-refractivity contribution < 1.29 is 0 Å². The molecule has 21 heavy (non-hydrogen) atoms. The number of fused-ring (bicyclic) bond motifs is 1. The Balaban J connectivity index is 1.70. The van der Waals surface area contributed by atoms with Gasteiger partial charge in [-0.2, -0.15) is 0 Å². The molecule has 0 radical (unpaired) electrons. The van der Waals surface area contributed by atoms with E-state index in [1.165, 1.54) is 41.8 Å². The molecule has 0 aromatic carbocycles. The topological polar surface area (TPSA) is 50.7 Å². The summed E-state index contributed by atoms with van der Waals surface area (Å²) in [5, 5.41) is 3.46. The van der Waals surface area contributed by atoms with Gasteiger partial charge in [-0.25, -0.2) is 9.97 Å². The van der Waals surface area contributed by atoms with Crippen molar-refractivity contribution >= 4 is 0 Å². The van der Waals surface area contributed by atoms with Gasteiger partial charge in [0.2, 0.25) is 0 Å². The summed E-state index contributed by atoms with van der Waals surface area (Å²) in [6.07, 6.45) is 9.45. The molecule has 0 bridgehead atoms. The summed E-state index contributed by atoms with van der Waals surface area (Å²) in [5.74, 6) is 1.62. The maximum absolute atomic E-state index is 4.92. The molecule has 0 spiro atoms. The van der Waals surface area contributed by atoms with Gasteiger partial charge in [-0.15, -0.1) is 0 Å². The Hall–Kier alpha value is -1.81. The Bertz CT molecular complexity index is 635. The molecule has 3 heterocycles. The highest BCUT2D eigenvalue weighted by molar-refractivity contribution is 5.32. The monoisotopic (exact) mass is 280 g/mol. The first-order valence-electron chi connectivity index (χ1n) is 7.88. The van der Waals surface area contributed by atoms with Crippen molar-refractivity contribution in [3.05, 3.63) is 52.9 Å². The van der Waals surface area contributed by atoms with E-state index >= 15 is 0 Å². The molecule has 4 heteroatoms. The van der Waals surface area contributed by atoms with E-state index in [4.69, 9.17) is 9.97 Å². The summed E-state index contributed by atoms with van der Waals surface area (Å²) in [6.45, 7) is 1.97. The zero-order chi connectivity index (χ0) is 14.1. The average molecular weight is 280 g/mol. The maximum atomic E-state index is 4.92. The standard InChI is InChI=1S/C17H20N4/c1-4-13(5-1)17-14-11-19-8-6-15(14)20-16(21-17)9-12-3-2-7-18-10-12/h2-3,7,10,13,19H,1,4-6,8-9,11H2. The van der Waals surface area contributed by atoms with Gasteiger partial charge in [0.25, 0.3) is 0 Å². The van der Waals surface area contributed by atoms with E-state index in [-0.39, 0.29) is 0 Å². The number of nitrogens with one attached hydrogen (secondary N) is 1. The van der Waals surface area contributed by atoms with Crippen LogP contribution >= 0.6 is 0 Å². The van der Waals surface area contributed by atoms with E-state index in [9.17, 15) is 0 Å². The van der Waals surface area contributed by atoms with Crippen LogP contribution in [-0.2, 0) is 19.4 Å². The van der Waals surface area contributed by atoms with Crippen LogP contribution in [0.3, 0.4) is 0 Å². The molecule has 1 aliphatic heterocycles. The molecule has 1 saturated carbocycles. The number of hydrogen-bond donors (Lipinski definition) is 1. The van der Waals surface area contributed by atoms with E-state index in [0.29, 0.717) is 5.92 Å². The summed E-state index contributed by atoms with van der Waals surface area (Å²) >= 11 is 0. The molecule has 0 unspecified atom stereocenters. The van der Waals surface area contributed by atoms with Gasteiger partial charge in [0.15, 0.2) is 0 Å². The van der Waals surface area contributed by atoms with E-state index in [0.717, 1.165) is 31.8 Å². The third-order valence-corrected chi connectivity index (χ3v) is 4.59. The van der Waals surface area contributed by atoms with Gasteiger partial charge >= 0.3 is 0 Å². The predicted octanol–water partition coefficient (Wildman–Crippen LogP) is 2.38. The smallest absolute Gasteiger partial charge is 0.133 e. The van der Waals surface area contributed by atoms with Crippen LogP contribution in [0.25, 0.3) is 0 Å². The van der Waals surface area contributed by atoms with Crippen molar-refractivity contribution in [1.29, 1.82) is 0 Å². The minimum absolute atomic E-state index is 0.661. The average Bonchev–Trinajstić information content (AvgIpc) is 2.46. The number of hydrogen-bond acceptors (Lipinski definition) is 4. The van der Waals surface area contributed by atoms with Crippen LogP contribution in [0.4, 0.5) is 0 Å². The quantitative estimate of drug-likeness (QED) is 0.938. The number of aromatic nitrogens is 3. The second-order valence-corrected chi connectivity index (χ2v) is 6.04. The van der Waals surface area contributed by atoms with Crippen molar-refractivity contribution in [3.8, 4) is 0 Å². The number of nitrogens with zero attached hydrogens (tertiary/aromatic N) is 3. The summed E-state index contributed by atoms with van der Waals surface area (Å²) in [4.78, 5) is 13.9. The lowest BCUT2D eigenvalue weighted by Crippen LogP contribution is -2.29.